The van der Waals surface area contributed by atoms with Crippen LogP contribution in [0.25, 0.3) is 0 Å². The SMILES string of the molecule is COc1cc(C(F)F)ccc1C1CCCN1. The van der Waals surface area contributed by atoms with Gasteiger partial charge in [-0.25, -0.2) is 8.78 Å². The molecule has 0 aromatic heterocycles. The third kappa shape index (κ3) is 2.16. The van der Waals surface area contributed by atoms with E-state index in [1.807, 2.05) is 0 Å². The van der Waals surface area contributed by atoms with Gasteiger partial charge < -0.3 is 10.1 Å². The summed E-state index contributed by atoms with van der Waals surface area (Å²) < 4.78 is 30.2. The lowest BCUT2D eigenvalue weighted by Crippen LogP contribution is -2.13. The van der Waals surface area contributed by atoms with Crippen LogP contribution < -0.4 is 10.1 Å². The highest BCUT2D eigenvalue weighted by atomic mass is 19.3. The fourth-order valence-electron chi connectivity index (χ4n) is 2.10. The lowest BCUT2D eigenvalue weighted by Gasteiger charge is -2.16. The molecule has 0 bridgehead atoms. The Hall–Kier alpha value is -1.16. The van der Waals surface area contributed by atoms with Crippen molar-refractivity contribution >= 4 is 0 Å². The van der Waals surface area contributed by atoms with Crippen LogP contribution in [-0.4, -0.2) is 13.7 Å². The summed E-state index contributed by atoms with van der Waals surface area (Å²) in [4.78, 5) is 0. The summed E-state index contributed by atoms with van der Waals surface area (Å²) in [7, 11) is 1.52. The molecule has 2 nitrogen and oxygen atoms in total. The first-order valence-corrected chi connectivity index (χ1v) is 5.41. The average Bonchev–Trinajstić information content (AvgIpc) is 2.81. The molecule has 1 N–H and O–H groups in total. The lowest BCUT2D eigenvalue weighted by atomic mass is 10.0. The van der Waals surface area contributed by atoms with E-state index in [0.29, 0.717) is 5.75 Å². The molecule has 16 heavy (non-hydrogen) atoms. The van der Waals surface area contributed by atoms with Gasteiger partial charge in [0, 0.05) is 17.2 Å². The first kappa shape index (κ1) is 11.3. The minimum atomic E-state index is -2.44. The molecule has 1 heterocycles. The van der Waals surface area contributed by atoms with Crippen LogP contribution in [0.2, 0.25) is 0 Å². The Kier molecular flexibility index (Phi) is 3.39. The summed E-state index contributed by atoms with van der Waals surface area (Å²) >= 11 is 0. The van der Waals surface area contributed by atoms with Crippen molar-refractivity contribution in [3.63, 3.8) is 0 Å². The molecule has 1 aromatic rings. The molecule has 4 heteroatoms. The second kappa shape index (κ2) is 4.78. The first-order chi connectivity index (χ1) is 7.72. The van der Waals surface area contributed by atoms with E-state index in [0.717, 1.165) is 24.9 Å². The number of hydrogen-bond donors (Lipinski definition) is 1. The van der Waals surface area contributed by atoms with E-state index in [1.54, 1.807) is 6.07 Å². The van der Waals surface area contributed by atoms with Gasteiger partial charge in [-0.1, -0.05) is 12.1 Å². The number of ether oxygens (including phenoxy) is 1. The molecule has 2 rings (SSSR count). The van der Waals surface area contributed by atoms with Crippen LogP contribution in [0.1, 0.15) is 36.4 Å². The zero-order valence-corrected chi connectivity index (χ0v) is 9.17. The van der Waals surface area contributed by atoms with E-state index in [2.05, 4.69) is 5.32 Å². The maximum Gasteiger partial charge on any atom is 0.263 e. The van der Waals surface area contributed by atoms with Gasteiger partial charge in [-0.15, -0.1) is 0 Å². The molecule has 0 saturated carbocycles. The Balaban J connectivity index is 2.30. The standard InChI is InChI=1S/C12H15F2NO/c1-16-11-7-8(12(13)14)4-5-9(11)10-3-2-6-15-10/h4-5,7,10,12,15H,2-3,6H2,1H3. The van der Waals surface area contributed by atoms with Crippen molar-refractivity contribution in [2.45, 2.75) is 25.3 Å². The Morgan fingerprint density at radius 2 is 2.25 bits per heavy atom. The van der Waals surface area contributed by atoms with Crippen LogP contribution in [0.15, 0.2) is 18.2 Å². The number of nitrogens with one attached hydrogen (secondary N) is 1. The van der Waals surface area contributed by atoms with Gasteiger partial charge in [0.2, 0.25) is 0 Å². The van der Waals surface area contributed by atoms with E-state index in [9.17, 15) is 8.78 Å². The summed E-state index contributed by atoms with van der Waals surface area (Å²) in [6, 6.07) is 4.88. The van der Waals surface area contributed by atoms with E-state index < -0.39 is 6.43 Å². The van der Waals surface area contributed by atoms with Crippen LogP contribution in [-0.2, 0) is 0 Å². The normalized spacial score (nSPS) is 20.4. The summed E-state index contributed by atoms with van der Waals surface area (Å²) in [5.41, 5.74) is 0.989. The maximum absolute atomic E-state index is 12.5. The Labute approximate surface area is 93.6 Å². The highest BCUT2D eigenvalue weighted by Gasteiger charge is 2.21. The quantitative estimate of drug-likeness (QED) is 0.856. The molecule has 1 fully saturated rings. The third-order valence-electron chi connectivity index (χ3n) is 2.95. The first-order valence-electron chi connectivity index (χ1n) is 5.41. The monoisotopic (exact) mass is 227 g/mol. The fraction of sp³-hybridized carbons (Fsp3) is 0.500. The lowest BCUT2D eigenvalue weighted by molar-refractivity contribution is 0.151. The number of methoxy groups -OCH3 is 1. The number of alkyl halides is 2. The summed E-state index contributed by atoms with van der Waals surface area (Å²) in [6.07, 6.45) is -0.297. The summed E-state index contributed by atoms with van der Waals surface area (Å²) in [6.45, 7) is 0.977. The van der Waals surface area contributed by atoms with Gasteiger partial charge in [-0.3, -0.25) is 0 Å². The third-order valence-corrected chi connectivity index (χ3v) is 2.95. The molecule has 0 radical (unpaired) electrons. The molecular weight excluding hydrogens is 212 g/mol. The van der Waals surface area contributed by atoms with Crippen molar-refractivity contribution in [3.05, 3.63) is 29.3 Å². The van der Waals surface area contributed by atoms with Gasteiger partial charge in [0.25, 0.3) is 6.43 Å². The van der Waals surface area contributed by atoms with Gasteiger partial charge in [-0.2, -0.15) is 0 Å². The largest absolute Gasteiger partial charge is 0.496 e. The van der Waals surface area contributed by atoms with Gasteiger partial charge in [-0.05, 0) is 25.5 Å². The highest BCUT2D eigenvalue weighted by molar-refractivity contribution is 5.40. The van der Waals surface area contributed by atoms with E-state index >= 15 is 0 Å². The molecule has 0 amide bonds. The van der Waals surface area contributed by atoms with Crippen molar-refractivity contribution in [2.75, 3.05) is 13.7 Å². The number of hydrogen-bond acceptors (Lipinski definition) is 2. The van der Waals surface area contributed by atoms with Crippen LogP contribution >= 0.6 is 0 Å². The zero-order chi connectivity index (χ0) is 11.5. The number of benzene rings is 1. The molecule has 1 atom stereocenters. The van der Waals surface area contributed by atoms with Gasteiger partial charge in [0.15, 0.2) is 0 Å². The molecule has 0 spiro atoms. The molecule has 1 saturated heterocycles. The number of rotatable bonds is 3. The predicted octanol–water partition coefficient (Wildman–Crippen LogP) is 3.06. The number of halogens is 2. The molecule has 0 aliphatic carbocycles. The van der Waals surface area contributed by atoms with Gasteiger partial charge in [0.05, 0.1) is 7.11 Å². The topological polar surface area (TPSA) is 21.3 Å². The van der Waals surface area contributed by atoms with Gasteiger partial charge in [0.1, 0.15) is 5.75 Å². The Morgan fingerprint density at radius 1 is 1.44 bits per heavy atom. The summed E-state index contributed by atoms with van der Waals surface area (Å²) in [5, 5.41) is 3.33. The van der Waals surface area contributed by atoms with Crippen molar-refractivity contribution in [1.29, 1.82) is 0 Å². The highest BCUT2D eigenvalue weighted by Crippen LogP contribution is 2.33. The molecule has 1 aliphatic rings. The second-order valence-electron chi connectivity index (χ2n) is 3.95. The van der Waals surface area contributed by atoms with E-state index in [4.69, 9.17) is 4.74 Å². The smallest absolute Gasteiger partial charge is 0.263 e. The van der Waals surface area contributed by atoms with Gasteiger partial charge >= 0.3 is 0 Å². The van der Waals surface area contributed by atoms with Crippen LogP contribution in [0, 0.1) is 0 Å². The minimum absolute atomic E-state index is 0.0126. The molecule has 88 valence electrons. The van der Waals surface area contributed by atoms with Crippen LogP contribution in [0.4, 0.5) is 8.78 Å². The fourth-order valence-corrected chi connectivity index (χ4v) is 2.10. The molecule has 1 aromatic carbocycles. The second-order valence-corrected chi connectivity index (χ2v) is 3.95. The Morgan fingerprint density at radius 3 is 2.81 bits per heavy atom. The minimum Gasteiger partial charge on any atom is -0.496 e. The van der Waals surface area contributed by atoms with E-state index in [-0.39, 0.29) is 11.6 Å². The van der Waals surface area contributed by atoms with Crippen molar-refractivity contribution in [2.24, 2.45) is 0 Å². The summed E-state index contributed by atoms with van der Waals surface area (Å²) in [5.74, 6) is 0.553. The van der Waals surface area contributed by atoms with E-state index in [1.165, 1.54) is 19.2 Å². The molecule has 1 unspecified atom stereocenters. The maximum atomic E-state index is 12.5. The van der Waals surface area contributed by atoms with Crippen LogP contribution in [0.3, 0.4) is 0 Å². The van der Waals surface area contributed by atoms with Crippen molar-refractivity contribution in [3.8, 4) is 5.75 Å². The zero-order valence-electron chi connectivity index (χ0n) is 9.17. The van der Waals surface area contributed by atoms with Crippen LogP contribution in [0.5, 0.6) is 5.75 Å². The van der Waals surface area contributed by atoms with Crippen molar-refractivity contribution < 1.29 is 13.5 Å². The van der Waals surface area contributed by atoms with Crippen molar-refractivity contribution in [1.82, 2.24) is 5.32 Å². The average molecular weight is 227 g/mol. The Bertz CT molecular complexity index is 362. The molecular formula is C12H15F2NO. The predicted molar refractivity (Wildman–Crippen MR) is 57.9 cm³/mol. The molecule has 1 aliphatic heterocycles.